The van der Waals surface area contributed by atoms with E-state index in [1.165, 1.54) is 12.9 Å². The number of hydrogen-bond donors (Lipinski definition) is 0. The van der Waals surface area contributed by atoms with Crippen molar-refractivity contribution in [1.29, 1.82) is 0 Å². The second-order valence-corrected chi connectivity index (χ2v) is 12.4. The van der Waals surface area contributed by atoms with Gasteiger partial charge in [0.2, 0.25) is 15.9 Å². The molecular formula is C22H23F2N7O5S2. The van der Waals surface area contributed by atoms with Crippen LogP contribution in [0, 0.1) is 0 Å². The minimum atomic E-state index is -4.05. The Morgan fingerprint density at radius 1 is 1.00 bits per heavy atom. The molecule has 3 aromatic heterocycles. The van der Waals surface area contributed by atoms with Crippen molar-refractivity contribution in [3.63, 3.8) is 0 Å². The normalized spacial score (nSPS) is 15.9. The fraction of sp³-hybridized carbons (Fsp3) is 0.318. The lowest BCUT2D eigenvalue weighted by molar-refractivity contribution is 0.116. The molecule has 0 N–H and O–H groups in total. The molecule has 16 heteroatoms. The minimum absolute atomic E-state index is 0.0120. The molecule has 0 aliphatic carbocycles. The van der Waals surface area contributed by atoms with Gasteiger partial charge in [-0.05, 0) is 24.3 Å². The van der Waals surface area contributed by atoms with Crippen LogP contribution in [-0.2, 0) is 26.8 Å². The van der Waals surface area contributed by atoms with E-state index in [-0.39, 0.29) is 38.6 Å². The van der Waals surface area contributed by atoms with E-state index in [1.807, 2.05) is 0 Å². The zero-order chi connectivity index (χ0) is 27.1. The number of halogens is 2. The number of aromatic nitrogens is 4. The van der Waals surface area contributed by atoms with Gasteiger partial charge >= 0.3 is 16.6 Å². The van der Waals surface area contributed by atoms with Gasteiger partial charge in [-0.15, -0.1) is 10.2 Å². The molecule has 0 spiro atoms. The summed E-state index contributed by atoms with van der Waals surface area (Å²) in [5, 5.41) is 6.98. The summed E-state index contributed by atoms with van der Waals surface area (Å²) in [5.41, 5.74) is 1.64. The van der Waals surface area contributed by atoms with E-state index in [2.05, 4.69) is 15.2 Å². The first-order valence-corrected chi connectivity index (χ1v) is 14.6. The van der Waals surface area contributed by atoms with Crippen molar-refractivity contribution < 1.29 is 30.0 Å². The maximum absolute atomic E-state index is 13.7. The number of imidazole rings is 1. The van der Waals surface area contributed by atoms with E-state index >= 15 is 0 Å². The fourth-order valence-electron chi connectivity index (χ4n) is 4.10. The van der Waals surface area contributed by atoms with Gasteiger partial charge in [-0.25, -0.2) is 13.4 Å². The average Bonchev–Trinajstić information content (AvgIpc) is 3.54. The molecule has 1 aliphatic rings. The molecule has 0 unspecified atom stereocenters. The van der Waals surface area contributed by atoms with Gasteiger partial charge in [0, 0.05) is 44.1 Å². The second kappa shape index (κ2) is 10.0. The Labute approximate surface area is 217 Å². The van der Waals surface area contributed by atoms with Gasteiger partial charge in [-0.3, -0.25) is 4.31 Å². The minimum Gasteiger partial charge on any atom is -0.415 e. The number of sulfonamides is 1. The van der Waals surface area contributed by atoms with Gasteiger partial charge in [0.25, 0.3) is 5.89 Å². The SMILES string of the molecule is CS(=O)(=O)N1CCN(S(=O)(=O)N(Cc2cn3ccc(-c4nnc(C(F)F)o4)cc3n2)c2ccccc2)CC1. The van der Waals surface area contributed by atoms with E-state index in [9.17, 15) is 25.6 Å². The van der Waals surface area contributed by atoms with Crippen LogP contribution in [0.5, 0.6) is 0 Å². The van der Waals surface area contributed by atoms with Crippen LogP contribution in [0.25, 0.3) is 17.1 Å². The summed E-state index contributed by atoms with van der Waals surface area (Å²) in [6.45, 7) is 0.0312. The molecule has 0 amide bonds. The number of anilines is 1. The van der Waals surface area contributed by atoms with E-state index in [0.29, 0.717) is 22.6 Å². The molecule has 4 aromatic rings. The number of benzene rings is 1. The van der Waals surface area contributed by atoms with Gasteiger partial charge in [0.05, 0.1) is 24.2 Å². The molecule has 5 rings (SSSR count). The van der Waals surface area contributed by atoms with E-state index in [0.717, 1.165) is 6.26 Å². The fourth-order valence-corrected chi connectivity index (χ4v) is 6.52. The highest BCUT2D eigenvalue weighted by atomic mass is 32.2. The van der Waals surface area contributed by atoms with Crippen molar-refractivity contribution in [2.75, 3.05) is 36.7 Å². The van der Waals surface area contributed by atoms with Crippen LogP contribution < -0.4 is 4.31 Å². The van der Waals surface area contributed by atoms with Crippen LogP contribution in [0.2, 0.25) is 0 Å². The number of rotatable bonds is 8. The number of alkyl halides is 2. The largest absolute Gasteiger partial charge is 0.415 e. The molecule has 1 fully saturated rings. The van der Waals surface area contributed by atoms with Crippen molar-refractivity contribution in [2.45, 2.75) is 13.0 Å². The van der Waals surface area contributed by atoms with Crippen molar-refractivity contribution in [1.82, 2.24) is 28.2 Å². The Morgan fingerprint density at radius 3 is 2.32 bits per heavy atom. The highest BCUT2D eigenvalue weighted by Gasteiger charge is 2.35. The van der Waals surface area contributed by atoms with Crippen molar-refractivity contribution >= 4 is 31.6 Å². The smallest absolute Gasteiger partial charge is 0.314 e. The van der Waals surface area contributed by atoms with Crippen LogP contribution in [0.1, 0.15) is 18.0 Å². The Hall–Kier alpha value is -3.47. The van der Waals surface area contributed by atoms with Crippen LogP contribution in [0.15, 0.2) is 59.3 Å². The molecule has 1 saturated heterocycles. The van der Waals surface area contributed by atoms with E-state index < -0.39 is 32.5 Å². The maximum Gasteiger partial charge on any atom is 0.314 e. The van der Waals surface area contributed by atoms with Gasteiger partial charge in [-0.1, -0.05) is 18.2 Å². The molecule has 0 atom stereocenters. The molecule has 202 valence electrons. The summed E-state index contributed by atoms with van der Waals surface area (Å²) < 4.78 is 87.2. The molecule has 0 bridgehead atoms. The Kier molecular flexibility index (Phi) is 6.89. The second-order valence-electron chi connectivity index (χ2n) is 8.57. The summed E-state index contributed by atoms with van der Waals surface area (Å²) in [7, 11) is -7.47. The highest BCUT2D eigenvalue weighted by Crippen LogP contribution is 2.26. The van der Waals surface area contributed by atoms with Gasteiger partial charge in [0.1, 0.15) is 5.65 Å². The highest BCUT2D eigenvalue weighted by molar-refractivity contribution is 7.90. The predicted molar refractivity (Wildman–Crippen MR) is 133 cm³/mol. The van der Waals surface area contributed by atoms with Gasteiger partial charge in [0.15, 0.2) is 0 Å². The lowest BCUT2D eigenvalue weighted by atomic mass is 10.2. The first kappa shape index (κ1) is 26.1. The van der Waals surface area contributed by atoms with Crippen LogP contribution in [0.3, 0.4) is 0 Å². The molecule has 4 heterocycles. The molecule has 0 saturated carbocycles. The summed E-state index contributed by atoms with van der Waals surface area (Å²) in [4.78, 5) is 4.52. The predicted octanol–water partition coefficient (Wildman–Crippen LogP) is 2.15. The monoisotopic (exact) mass is 567 g/mol. The summed E-state index contributed by atoms with van der Waals surface area (Å²) in [6, 6.07) is 11.7. The first-order chi connectivity index (χ1) is 18.0. The maximum atomic E-state index is 13.7. The van der Waals surface area contributed by atoms with Crippen molar-refractivity contribution in [3.05, 3.63) is 66.4 Å². The summed E-state index contributed by atoms with van der Waals surface area (Å²) >= 11 is 0. The molecule has 38 heavy (non-hydrogen) atoms. The summed E-state index contributed by atoms with van der Waals surface area (Å²) in [5.74, 6) is -0.876. The first-order valence-electron chi connectivity index (χ1n) is 11.4. The van der Waals surface area contributed by atoms with Crippen LogP contribution >= 0.6 is 0 Å². The number of fused-ring (bicyclic) bond motifs is 1. The average molecular weight is 568 g/mol. The molecule has 12 nitrogen and oxygen atoms in total. The quantitative estimate of drug-likeness (QED) is 0.316. The zero-order valence-electron chi connectivity index (χ0n) is 20.1. The lowest BCUT2D eigenvalue weighted by Gasteiger charge is -2.36. The van der Waals surface area contributed by atoms with E-state index in [1.54, 1.807) is 59.3 Å². The number of piperazine rings is 1. The Morgan fingerprint density at radius 2 is 1.68 bits per heavy atom. The number of hydrogen-bond acceptors (Lipinski definition) is 8. The van der Waals surface area contributed by atoms with Crippen molar-refractivity contribution in [2.24, 2.45) is 0 Å². The number of para-hydroxylation sites is 1. The van der Waals surface area contributed by atoms with Gasteiger partial charge < -0.3 is 8.82 Å². The van der Waals surface area contributed by atoms with Gasteiger partial charge in [-0.2, -0.15) is 25.8 Å². The standard InChI is InChI=1S/C22H23F2N7O5S2/c1-37(32,33)29-9-11-30(12-10-29)38(34,35)31(18-5-3-2-4-6-18)15-17-14-28-8-7-16(13-19(28)25-17)21-26-27-22(36-21)20(23)24/h2-8,13-14,20H,9-12,15H2,1H3. The lowest BCUT2D eigenvalue weighted by Crippen LogP contribution is -2.54. The van der Waals surface area contributed by atoms with Crippen LogP contribution in [0.4, 0.5) is 14.5 Å². The number of nitrogens with zero attached hydrogens (tertiary/aromatic N) is 7. The van der Waals surface area contributed by atoms with Crippen molar-refractivity contribution in [3.8, 4) is 11.5 Å². The van der Waals surface area contributed by atoms with Crippen LogP contribution in [-0.4, -0.2) is 77.5 Å². The third-order valence-electron chi connectivity index (χ3n) is 6.01. The third kappa shape index (κ3) is 5.24. The molecule has 1 aromatic carbocycles. The molecular weight excluding hydrogens is 544 g/mol. The topological polar surface area (TPSA) is 134 Å². The van der Waals surface area contributed by atoms with E-state index in [4.69, 9.17) is 4.42 Å². The number of pyridine rings is 1. The Balaban J connectivity index is 1.43. The molecule has 0 radical (unpaired) electrons. The Bertz CT molecular complexity index is 1650. The third-order valence-corrected chi connectivity index (χ3v) is 9.22. The summed E-state index contributed by atoms with van der Waals surface area (Å²) in [6.07, 6.45) is 1.49. The molecule has 1 aliphatic heterocycles. The zero-order valence-corrected chi connectivity index (χ0v) is 21.7.